The summed E-state index contributed by atoms with van der Waals surface area (Å²) in [5.74, 6) is 0.660. The van der Waals surface area contributed by atoms with Gasteiger partial charge in [-0.15, -0.1) is 0 Å². The summed E-state index contributed by atoms with van der Waals surface area (Å²) in [4.78, 5) is 2.28. The monoisotopic (exact) mass is 278 g/mol. The van der Waals surface area contributed by atoms with Crippen LogP contribution in [0.5, 0.6) is 0 Å². The van der Waals surface area contributed by atoms with E-state index in [1.807, 2.05) is 0 Å². The third kappa shape index (κ3) is 5.51. The SMILES string of the molecule is CCCN(CCO)c1ccc(C)cc1CNCC(C)C. The lowest BCUT2D eigenvalue weighted by atomic mass is 10.1. The van der Waals surface area contributed by atoms with E-state index in [0.717, 1.165) is 26.1 Å². The number of rotatable bonds is 9. The fraction of sp³-hybridized carbons (Fsp3) is 0.647. The molecule has 114 valence electrons. The maximum atomic E-state index is 9.26. The van der Waals surface area contributed by atoms with E-state index in [4.69, 9.17) is 0 Å². The highest BCUT2D eigenvalue weighted by atomic mass is 16.3. The van der Waals surface area contributed by atoms with Crippen LogP contribution in [-0.4, -0.2) is 31.3 Å². The van der Waals surface area contributed by atoms with E-state index >= 15 is 0 Å². The predicted molar refractivity (Wildman–Crippen MR) is 87.3 cm³/mol. The highest BCUT2D eigenvalue weighted by Crippen LogP contribution is 2.22. The van der Waals surface area contributed by atoms with Gasteiger partial charge in [0, 0.05) is 25.3 Å². The number of aliphatic hydroxyl groups is 1. The van der Waals surface area contributed by atoms with E-state index in [0.29, 0.717) is 12.5 Å². The fourth-order valence-corrected chi connectivity index (χ4v) is 2.40. The van der Waals surface area contributed by atoms with Gasteiger partial charge in [-0.3, -0.25) is 0 Å². The molecule has 0 aliphatic carbocycles. The fourth-order valence-electron chi connectivity index (χ4n) is 2.40. The van der Waals surface area contributed by atoms with Gasteiger partial charge in [-0.25, -0.2) is 0 Å². The number of nitrogens with zero attached hydrogens (tertiary/aromatic N) is 1. The summed E-state index contributed by atoms with van der Waals surface area (Å²) in [6.07, 6.45) is 1.09. The first-order valence-corrected chi connectivity index (χ1v) is 7.74. The van der Waals surface area contributed by atoms with Gasteiger partial charge < -0.3 is 15.3 Å². The van der Waals surface area contributed by atoms with E-state index in [-0.39, 0.29) is 6.61 Å². The minimum absolute atomic E-state index is 0.201. The highest BCUT2D eigenvalue weighted by Gasteiger charge is 2.10. The van der Waals surface area contributed by atoms with Gasteiger partial charge in [-0.05, 0) is 37.4 Å². The van der Waals surface area contributed by atoms with Gasteiger partial charge in [0.1, 0.15) is 0 Å². The Morgan fingerprint density at radius 2 is 2.00 bits per heavy atom. The Kier molecular flexibility index (Phi) is 7.63. The zero-order valence-electron chi connectivity index (χ0n) is 13.4. The summed E-state index contributed by atoms with van der Waals surface area (Å²) >= 11 is 0. The molecule has 3 nitrogen and oxygen atoms in total. The van der Waals surface area contributed by atoms with E-state index < -0.39 is 0 Å². The van der Waals surface area contributed by atoms with Crippen molar-refractivity contribution in [1.29, 1.82) is 0 Å². The molecule has 3 heteroatoms. The topological polar surface area (TPSA) is 35.5 Å². The van der Waals surface area contributed by atoms with Crippen molar-refractivity contribution < 1.29 is 5.11 Å². The maximum absolute atomic E-state index is 9.26. The molecule has 0 aliphatic rings. The Balaban J connectivity index is 2.86. The lowest BCUT2D eigenvalue weighted by Gasteiger charge is -2.26. The van der Waals surface area contributed by atoms with Crippen molar-refractivity contribution in [2.75, 3.05) is 31.1 Å². The van der Waals surface area contributed by atoms with E-state index in [1.54, 1.807) is 0 Å². The van der Waals surface area contributed by atoms with Crippen LogP contribution in [0, 0.1) is 12.8 Å². The minimum atomic E-state index is 0.201. The zero-order chi connectivity index (χ0) is 15.0. The first-order chi connectivity index (χ1) is 9.58. The first-order valence-electron chi connectivity index (χ1n) is 7.74. The van der Waals surface area contributed by atoms with E-state index in [2.05, 4.69) is 56.1 Å². The molecule has 1 rings (SSSR count). The largest absolute Gasteiger partial charge is 0.395 e. The Morgan fingerprint density at radius 3 is 2.60 bits per heavy atom. The van der Waals surface area contributed by atoms with Crippen LogP contribution in [0.1, 0.15) is 38.3 Å². The van der Waals surface area contributed by atoms with Crippen molar-refractivity contribution in [2.45, 2.75) is 40.7 Å². The predicted octanol–water partition coefficient (Wildman–Crippen LogP) is 2.95. The molecule has 20 heavy (non-hydrogen) atoms. The van der Waals surface area contributed by atoms with Gasteiger partial charge in [0.05, 0.1) is 6.61 Å². The molecule has 0 spiro atoms. The molecule has 0 unspecified atom stereocenters. The van der Waals surface area contributed by atoms with Gasteiger partial charge in [-0.2, -0.15) is 0 Å². The average Bonchev–Trinajstić information content (AvgIpc) is 2.38. The third-order valence-corrected chi connectivity index (χ3v) is 3.31. The van der Waals surface area contributed by atoms with Crippen molar-refractivity contribution in [3.8, 4) is 0 Å². The number of hydrogen-bond acceptors (Lipinski definition) is 3. The number of hydrogen-bond donors (Lipinski definition) is 2. The van der Waals surface area contributed by atoms with E-state index in [9.17, 15) is 5.11 Å². The Labute approximate surface area is 124 Å². The summed E-state index contributed by atoms with van der Waals surface area (Å²) in [6, 6.07) is 6.59. The van der Waals surface area contributed by atoms with Crippen molar-refractivity contribution in [3.63, 3.8) is 0 Å². The van der Waals surface area contributed by atoms with Crippen LogP contribution in [-0.2, 0) is 6.54 Å². The van der Waals surface area contributed by atoms with Crippen LogP contribution in [0.25, 0.3) is 0 Å². The molecule has 0 fully saturated rings. The minimum Gasteiger partial charge on any atom is -0.395 e. The van der Waals surface area contributed by atoms with Crippen LogP contribution in [0.4, 0.5) is 5.69 Å². The number of aliphatic hydroxyl groups excluding tert-OH is 1. The summed E-state index contributed by atoms with van der Waals surface area (Å²) in [5, 5.41) is 12.8. The molecule has 2 N–H and O–H groups in total. The zero-order valence-corrected chi connectivity index (χ0v) is 13.4. The third-order valence-electron chi connectivity index (χ3n) is 3.31. The van der Waals surface area contributed by atoms with Crippen molar-refractivity contribution in [2.24, 2.45) is 5.92 Å². The number of nitrogens with one attached hydrogen (secondary N) is 1. The molecular weight excluding hydrogens is 248 g/mol. The quantitative estimate of drug-likeness (QED) is 0.729. The molecule has 0 radical (unpaired) electrons. The van der Waals surface area contributed by atoms with Crippen molar-refractivity contribution >= 4 is 5.69 Å². The standard InChI is InChI=1S/C17H30N2O/c1-5-8-19(9-10-20)17-7-6-15(4)11-16(17)13-18-12-14(2)3/h6-7,11,14,18,20H,5,8-10,12-13H2,1-4H3. The van der Waals surface area contributed by atoms with Gasteiger partial charge in [0.2, 0.25) is 0 Å². The molecule has 0 aromatic heterocycles. The molecule has 0 aliphatic heterocycles. The Hall–Kier alpha value is -1.06. The second-order valence-corrected chi connectivity index (χ2v) is 5.87. The molecule has 0 amide bonds. The molecule has 0 saturated carbocycles. The molecule has 0 atom stereocenters. The van der Waals surface area contributed by atoms with E-state index in [1.165, 1.54) is 16.8 Å². The Morgan fingerprint density at radius 1 is 1.25 bits per heavy atom. The number of anilines is 1. The Bertz CT molecular complexity index is 385. The maximum Gasteiger partial charge on any atom is 0.0606 e. The van der Waals surface area contributed by atoms with Crippen LogP contribution in [0.15, 0.2) is 18.2 Å². The molecule has 1 aromatic carbocycles. The molecule has 1 aromatic rings. The summed E-state index contributed by atoms with van der Waals surface area (Å²) < 4.78 is 0. The highest BCUT2D eigenvalue weighted by molar-refractivity contribution is 5.55. The van der Waals surface area contributed by atoms with Crippen LogP contribution < -0.4 is 10.2 Å². The smallest absolute Gasteiger partial charge is 0.0606 e. The first kappa shape index (κ1) is 17.0. The summed E-state index contributed by atoms with van der Waals surface area (Å²) in [6.45, 7) is 12.6. The van der Waals surface area contributed by atoms with Crippen molar-refractivity contribution in [1.82, 2.24) is 5.32 Å². The van der Waals surface area contributed by atoms with Crippen molar-refractivity contribution in [3.05, 3.63) is 29.3 Å². The van der Waals surface area contributed by atoms with Gasteiger partial charge in [0.15, 0.2) is 0 Å². The van der Waals surface area contributed by atoms with Crippen LogP contribution in [0.2, 0.25) is 0 Å². The number of benzene rings is 1. The van der Waals surface area contributed by atoms with Crippen LogP contribution in [0.3, 0.4) is 0 Å². The number of aryl methyl sites for hydroxylation is 1. The normalized spacial score (nSPS) is 11.1. The van der Waals surface area contributed by atoms with Gasteiger partial charge >= 0.3 is 0 Å². The molecule has 0 heterocycles. The second-order valence-electron chi connectivity index (χ2n) is 5.87. The second kappa shape index (κ2) is 8.98. The summed E-state index contributed by atoms with van der Waals surface area (Å²) in [5.41, 5.74) is 3.87. The average molecular weight is 278 g/mol. The lowest BCUT2D eigenvalue weighted by Crippen LogP contribution is -2.29. The lowest BCUT2D eigenvalue weighted by molar-refractivity contribution is 0.301. The molecule has 0 saturated heterocycles. The van der Waals surface area contributed by atoms with Gasteiger partial charge in [-0.1, -0.05) is 38.5 Å². The molecular formula is C17H30N2O. The van der Waals surface area contributed by atoms with Gasteiger partial charge in [0.25, 0.3) is 0 Å². The van der Waals surface area contributed by atoms with Crippen LogP contribution >= 0.6 is 0 Å². The summed E-state index contributed by atoms with van der Waals surface area (Å²) in [7, 11) is 0. The molecule has 0 bridgehead atoms.